The molecular formula is C26H18N4. The Hall–Kier alpha value is -4.18. The van der Waals surface area contributed by atoms with E-state index in [2.05, 4.69) is 32.1 Å². The van der Waals surface area contributed by atoms with Crippen molar-refractivity contribution in [1.82, 2.24) is 9.97 Å². The fraction of sp³-hybridized carbons (Fsp3) is 0. The number of para-hydroxylation sites is 2. The van der Waals surface area contributed by atoms with E-state index in [4.69, 9.17) is 0 Å². The number of fused-ring (bicyclic) bond motifs is 2. The molecule has 0 aliphatic carbocycles. The van der Waals surface area contributed by atoms with Crippen molar-refractivity contribution in [3.63, 3.8) is 0 Å². The minimum Gasteiger partial charge on any atom is -0.256 e. The van der Waals surface area contributed by atoms with E-state index >= 15 is 0 Å². The Balaban J connectivity index is 1.36. The van der Waals surface area contributed by atoms with Gasteiger partial charge in [-0.25, -0.2) is 0 Å². The van der Waals surface area contributed by atoms with Gasteiger partial charge in [-0.15, -0.1) is 0 Å². The van der Waals surface area contributed by atoms with Crippen LogP contribution in [0.4, 0.5) is 11.4 Å². The van der Waals surface area contributed by atoms with Crippen molar-refractivity contribution in [2.45, 2.75) is 0 Å². The lowest BCUT2D eigenvalue weighted by atomic mass is 10.1. The fourth-order valence-electron chi connectivity index (χ4n) is 3.37. The van der Waals surface area contributed by atoms with Gasteiger partial charge >= 0.3 is 0 Å². The summed E-state index contributed by atoms with van der Waals surface area (Å²) in [6.07, 6.45) is 7.38. The molecule has 0 unspecified atom stereocenters. The van der Waals surface area contributed by atoms with Crippen molar-refractivity contribution in [3.8, 4) is 0 Å². The predicted molar refractivity (Wildman–Crippen MR) is 124 cm³/mol. The maximum atomic E-state index is 4.61. The normalized spacial score (nSPS) is 11.7. The zero-order valence-electron chi connectivity index (χ0n) is 16.2. The summed E-state index contributed by atoms with van der Waals surface area (Å²) in [7, 11) is 0. The van der Waals surface area contributed by atoms with Gasteiger partial charge < -0.3 is 0 Å². The van der Waals surface area contributed by atoms with Crippen LogP contribution < -0.4 is 0 Å². The minimum absolute atomic E-state index is 0.879. The van der Waals surface area contributed by atoms with Gasteiger partial charge in [0.05, 0.1) is 22.4 Å². The molecule has 30 heavy (non-hydrogen) atoms. The molecule has 2 heterocycles. The quantitative estimate of drug-likeness (QED) is 0.341. The Morgan fingerprint density at radius 3 is 1.40 bits per heavy atom. The zero-order chi connectivity index (χ0) is 20.2. The maximum Gasteiger partial charge on any atom is 0.0708 e. The number of aromatic nitrogens is 2. The summed E-state index contributed by atoms with van der Waals surface area (Å²) in [6.45, 7) is 0. The summed E-state index contributed by atoms with van der Waals surface area (Å²) in [4.78, 5) is 18.0. The van der Waals surface area contributed by atoms with Crippen LogP contribution in [0.2, 0.25) is 0 Å². The van der Waals surface area contributed by atoms with Crippen molar-refractivity contribution < 1.29 is 0 Å². The molecule has 0 aliphatic rings. The molecule has 4 nitrogen and oxygen atoms in total. The van der Waals surface area contributed by atoms with Gasteiger partial charge in [0, 0.05) is 46.7 Å². The van der Waals surface area contributed by atoms with E-state index in [0.29, 0.717) is 0 Å². The summed E-state index contributed by atoms with van der Waals surface area (Å²) in [5.41, 5.74) is 5.79. The molecule has 0 saturated heterocycles. The molecule has 5 rings (SSSR count). The van der Waals surface area contributed by atoms with Gasteiger partial charge in [0.2, 0.25) is 0 Å². The molecule has 0 fully saturated rings. The molecular weight excluding hydrogens is 368 g/mol. The highest BCUT2D eigenvalue weighted by Gasteiger charge is 2.00. The molecule has 3 aromatic carbocycles. The van der Waals surface area contributed by atoms with Crippen molar-refractivity contribution in [1.29, 1.82) is 0 Å². The number of rotatable bonds is 4. The van der Waals surface area contributed by atoms with E-state index in [-0.39, 0.29) is 0 Å². The SMILES string of the molecule is C(=Nc1ccc(N=Cc2ccnc3ccccc23)cc1)c1ccnc2ccccc12. The minimum atomic E-state index is 0.879. The molecule has 4 heteroatoms. The van der Waals surface area contributed by atoms with Crippen molar-refractivity contribution in [2.24, 2.45) is 9.98 Å². The molecule has 5 aromatic rings. The third-order valence-electron chi connectivity index (χ3n) is 4.92. The molecule has 0 aliphatic heterocycles. The second kappa shape index (κ2) is 8.05. The molecule has 0 amide bonds. The maximum absolute atomic E-state index is 4.61. The summed E-state index contributed by atoms with van der Waals surface area (Å²) < 4.78 is 0. The molecule has 0 spiro atoms. The second-order valence-electron chi connectivity index (χ2n) is 6.87. The topological polar surface area (TPSA) is 50.5 Å². The fourth-order valence-corrected chi connectivity index (χ4v) is 3.37. The van der Waals surface area contributed by atoms with E-state index in [9.17, 15) is 0 Å². The standard InChI is InChI=1S/C26H18N4/c1-3-7-25-23(5-1)19(13-15-27-25)17-29-21-9-11-22(12-10-21)30-18-20-14-16-28-26-8-4-2-6-24(20)26/h1-18H. The first-order chi connectivity index (χ1) is 14.9. The lowest BCUT2D eigenvalue weighted by molar-refractivity contribution is 1.40. The van der Waals surface area contributed by atoms with Gasteiger partial charge in [-0.2, -0.15) is 0 Å². The monoisotopic (exact) mass is 386 g/mol. The number of pyridine rings is 2. The van der Waals surface area contributed by atoms with Crippen LogP contribution in [-0.4, -0.2) is 22.4 Å². The molecule has 142 valence electrons. The van der Waals surface area contributed by atoms with Crippen molar-refractivity contribution >= 4 is 45.6 Å². The molecule has 0 atom stereocenters. The first-order valence-electron chi connectivity index (χ1n) is 9.72. The smallest absolute Gasteiger partial charge is 0.0708 e. The van der Waals surface area contributed by atoms with Crippen LogP contribution in [0, 0.1) is 0 Å². The molecule has 0 bridgehead atoms. The number of aliphatic imine (C=N–C) groups is 2. The molecule has 0 N–H and O–H groups in total. The highest BCUT2D eigenvalue weighted by atomic mass is 14.7. The summed E-state index contributed by atoms with van der Waals surface area (Å²) >= 11 is 0. The largest absolute Gasteiger partial charge is 0.256 e. The Morgan fingerprint density at radius 2 is 0.933 bits per heavy atom. The van der Waals surface area contributed by atoms with Gasteiger partial charge in [0.1, 0.15) is 0 Å². The third kappa shape index (κ3) is 3.71. The highest BCUT2D eigenvalue weighted by Crippen LogP contribution is 2.21. The average molecular weight is 386 g/mol. The van der Waals surface area contributed by atoms with E-state index in [0.717, 1.165) is 44.3 Å². The summed E-state index contributed by atoms with van der Waals surface area (Å²) in [6, 6.07) is 28.0. The number of hydrogen-bond donors (Lipinski definition) is 0. The Bertz CT molecular complexity index is 1270. The third-order valence-corrected chi connectivity index (χ3v) is 4.92. The van der Waals surface area contributed by atoms with Gasteiger partial charge in [-0.1, -0.05) is 36.4 Å². The highest BCUT2D eigenvalue weighted by molar-refractivity contribution is 5.99. The van der Waals surface area contributed by atoms with Crippen LogP contribution in [0.25, 0.3) is 21.8 Å². The summed E-state index contributed by atoms with van der Waals surface area (Å²) in [5, 5.41) is 2.18. The molecule has 0 radical (unpaired) electrons. The summed E-state index contributed by atoms with van der Waals surface area (Å²) in [5.74, 6) is 0. The molecule has 0 saturated carbocycles. The predicted octanol–water partition coefficient (Wildman–Crippen LogP) is 6.28. The van der Waals surface area contributed by atoms with Crippen LogP contribution in [0.5, 0.6) is 0 Å². The average Bonchev–Trinajstić information content (AvgIpc) is 2.82. The number of hydrogen-bond acceptors (Lipinski definition) is 4. The number of nitrogens with zero attached hydrogens (tertiary/aromatic N) is 4. The van der Waals surface area contributed by atoms with Crippen LogP contribution >= 0.6 is 0 Å². The van der Waals surface area contributed by atoms with Gasteiger partial charge in [0.15, 0.2) is 0 Å². The Labute approximate surface area is 174 Å². The van der Waals surface area contributed by atoms with Crippen molar-refractivity contribution in [3.05, 3.63) is 108 Å². The van der Waals surface area contributed by atoms with Crippen molar-refractivity contribution in [2.75, 3.05) is 0 Å². The van der Waals surface area contributed by atoms with Gasteiger partial charge in [-0.3, -0.25) is 20.0 Å². The molecule has 2 aromatic heterocycles. The van der Waals surface area contributed by atoms with Crippen LogP contribution in [-0.2, 0) is 0 Å². The van der Waals surface area contributed by atoms with E-state index in [1.54, 1.807) is 0 Å². The van der Waals surface area contributed by atoms with Gasteiger partial charge in [0.25, 0.3) is 0 Å². The lowest BCUT2D eigenvalue weighted by Crippen LogP contribution is -1.86. The first-order valence-corrected chi connectivity index (χ1v) is 9.72. The van der Waals surface area contributed by atoms with Crippen LogP contribution in [0.15, 0.2) is 107 Å². The Morgan fingerprint density at radius 1 is 0.500 bits per heavy atom. The van der Waals surface area contributed by atoms with E-state index < -0.39 is 0 Å². The first kappa shape index (κ1) is 17.9. The number of benzene rings is 3. The van der Waals surface area contributed by atoms with Crippen LogP contribution in [0.1, 0.15) is 11.1 Å². The lowest BCUT2D eigenvalue weighted by Gasteiger charge is -2.01. The van der Waals surface area contributed by atoms with E-state index in [1.165, 1.54) is 0 Å². The second-order valence-corrected chi connectivity index (χ2v) is 6.87. The van der Waals surface area contributed by atoms with Gasteiger partial charge in [-0.05, 0) is 48.5 Å². The zero-order valence-corrected chi connectivity index (χ0v) is 16.2. The van der Waals surface area contributed by atoms with Crippen LogP contribution in [0.3, 0.4) is 0 Å². The van der Waals surface area contributed by atoms with E-state index in [1.807, 2.05) is 97.6 Å². The Kier molecular flexibility index (Phi) is 4.80.